The summed E-state index contributed by atoms with van der Waals surface area (Å²) in [6.45, 7) is 0. The standard InChI is InChI=1S/C31H20N11.5H2N.Ni/c32-14-22(33)24(34)21-13-23-35-25-15-7-1-2-8-16(15)26(37-25)38-27-17-9-3-4-10-18(17)28(39-27)40-29-19-11-5-6-12-20(19)30(41-29)42-31(21)36-23;;;;;;/h1-12H,32-34H2,(H2,35,36,37,38,39,40,41,42);5*1H2;/q6*-1;/b24-22-;;;;;;. The maximum Gasteiger partial charge on any atom is -0.693 e. The molecule has 0 amide bonds. The summed E-state index contributed by atoms with van der Waals surface area (Å²) in [5.74, 6) is 1.88. The molecule has 3 aromatic heterocycles. The second kappa shape index (κ2) is 13.9. The monoisotopic (exact) mass is 684 g/mol. The minimum Gasteiger partial charge on any atom is -0.693 e. The second-order valence-corrected chi connectivity index (χ2v) is 10.4. The molecule has 8 rings (SSSR count). The SMILES string of the molecule is N[C](=[Ni])/C(N)=C(/N)c1[c-]c2nc3nc(nc4[nH]c(nc5nc(nc1[nH]2)-c1ccccc1-5)c1ccccc41)-c1ccccc1-3.[NH2-].[NH2-].[NH2-].[NH2-].[NH2-]. The van der Waals surface area contributed by atoms with E-state index in [2.05, 4.69) is 16.0 Å². The molecule has 0 aliphatic carbocycles. The molecule has 17 heteroatoms. The van der Waals surface area contributed by atoms with Gasteiger partial charge in [-0.15, -0.1) is 0 Å². The summed E-state index contributed by atoms with van der Waals surface area (Å²) in [7, 11) is 0. The number of H-pyrrole nitrogens is 2. The summed E-state index contributed by atoms with van der Waals surface area (Å²) in [6, 6.07) is 26.6. The van der Waals surface area contributed by atoms with E-state index in [0.717, 1.165) is 33.0 Å². The van der Waals surface area contributed by atoms with Crippen LogP contribution in [0.25, 0.3) is 115 Å². The minimum atomic E-state index is 0. The molecule has 18 N–H and O–H groups in total. The third-order valence-corrected chi connectivity index (χ3v) is 7.57. The van der Waals surface area contributed by atoms with E-state index in [1.807, 2.05) is 72.8 Å². The fourth-order valence-corrected chi connectivity index (χ4v) is 5.38. The number of hydrogen-bond acceptors (Lipinski definition) is 9. The summed E-state index contributed by atoms with van der Waals surface area (Å²) in [5, 5.41) is 1.80. The van der Waals surface area contributed by atoms with E-state index in [1.165, 1.54) is 0 Å². The molecule has 2 aliphatic rings. The molecule has 0 spiro atoms. The Kier molecular flexibility index (Phi) is 10.6. The average Bonchev–Trinajstić information content (AvgIpc) is 3.77. The molecule has 48 heavy (non-hydrogen) atoms. The van der Waals surface area contributed by atoms with Gasteiger partial charge in [0.2, 0.25) is 0 Å². The molecule has 0 radical (unpaired) electrons. The van der Waals surface area contributed by atoms with Gasteiger partial charge in [-0.25, -0.2) is 0 Å². The van der Waals surface area contributed by atoms with Crippen LogP contribution in [0.5, 0.6) is 0 Å². The Hall–Kier alpha value is -5.78. The molecule has 250 valence electrons. The normalized spacial score (nSPS) is 11.2. The van der Waals surface area contributed by atoms with Crippen LogP contribution in [0.3, 0.4) is 0 Å². The van der Waals surface area contributed by atoms with Crippen LogP contribution in [0.15, 0.2) is 78.5 Å². The molecule has 16 nitrogen and oxygen atoms in total. The molecule has 0 atom stereocenters. The predicted molar refractivity (Wildman–Crippen MR) is 188 cm³/mol. The Morgan fingerprint density at radius 3 is 1.35 bits per heavy atom. The van der Waals surface area contributed by atoms with Crippen LogP contribution in [0.1, 0.15) is 5.56 Å². The van der Waals surface area contributed by atoms with Crippen LogP contribution in [-0.2, 0) is 15.0 Å². The van der Waals surface area contributed by atoms with Gasteiger partial charge in [0.15, 0.2) is 0 Å². The van der Waals surface area contributed by atoms with E-state index in [4.69, 9.17) is 62.1 Å². The zero-order valence-corrected chi connectivity index (χ0v) is 26.0. The van der Waals surface area contributed by atoms with Crippen molar-refractivity contribution >= 4 is 43.7 Å². The van der Waals surface area contributed by atoms with Crippen molar-refractivity contribution in [1.29, 1.82) is 0 Å². The number of nitrogens with zero attached hydrogens (tertiary/aromatic N) is 6. The number of nitrogens with two attached hydrogens (primary N) is 8. The molecule has 5 heterocycles. The first-order valence-corrected chi connectivity index (χ1v) is 13.7. The fourth-order valence-electron chi connectivity index (χ4n) is 5.24. The molecule has 0 saturated carbocycles. The number of fused-ring (bicyclic) bond motifs is 17. The Morgan fingerprint density at radius 2 is 0.917 bits per heavy atom. The number of aromatic nitrogens is 8. The zero-order chi connectivity index (χ0) is 29.2. The van der Waals surface area contributed by atoms with E-state index in [0.29, 0.717) is 51.4 Å². The van der Waals surface area contributed by atoms with Gasteiger partial charge in [-0.1, -0.05) is 24.3 Å². The summed E-state index contributed by atoms with van der Waals surface area (Å²) >= 11 is 4.74. The molecule has 8 bridgehead atoms. The van der Waals surface area contributed by atoms with Gasteiger partial charge in [0, 0.05) is 5.39 Å². The Morgan fingerprint density at radius 1 is 0.521 bits per heavy atom. The van der Waals surface area contributed by atoms with E-state index >= 15 is 0 Å². The maximum atomic E-state index is 6.43. The minimum absolute atomic E-state index is 0. The number of nitrogens with one attached hydrogen (secondary N) is 2. The summed E-state index contributed by atoms with van der Waals surface area (Å²) in [6.07, 6.45) is 0. The van der Waals surface area contributed by atoms with Crippen molar-refractivity contribution in [2.45, 2.75) is 0 Å². The summed E-state index contributed by atoms with van der Waals surface area (Å²) in [5.41, 5.74) is 24.1. The van der Waals surface area contributed by atoms with Crippen molar-refractivity contribution in [3.63, 3.8) is 0 Å². The van der Waals surface area contributed by atoms with E-state index in [1.54, 1.807) is 0 Å². The van der Waals surface area contributed by atoms with Gasteiger partial charge in [-0.3, -0.25) is 0 Å². The Bertz CT molecular complexity index is 2380. The first-order chi connectivity index (χ1) is 20.9. The fraction of sp³-hybridized carbons (Fsp3) is 0. The predicted octanol–water partition coefficient (Wildman–Crippen LogP) is 7.32. The first kappa shape index (κ1) is 36.7. The quantitative estimate of drug-likeness (QED) is 0.0896. The number of rotatable bonds is 2. The van der Waals surface area contributed by atoms with Crippen LogP contribution in [0, 0.1) is 6.07 Å². The van der Waals surface area contributed by atoms with Gasteiger partial charge >= 0.3 is 222 Å². The van der Waals surface area contributed by atoms with E-state index in [9.17, 15) is 0 Å². The smallest absolute Gasteiger partial charge is 0.693 e. The molecular weight excluding hydrogens is 655 g/mol. The molecule has 0 saturated heterocycles. The van der Waals surface area contributed by atoms with Gasteiger partial charge in [-0.2, -0.15) is 0 Å². The average molecular weight is 685 g/mol. The Labute approximate surface area is 281 Å². The van der Waals surface area contributed by atoms with Crippen molar-refractivity contribution < 1.29 is 15.0 Å². The van der Waals surface area contributed by atoms with E-state index in [-0.39, 0.29) is 46.8 Å². The van der Waals surface area contributed by atoms with Crippen molar-refractivity contribution in [3.8, 4) is 45.6 Å². The van der Waals surface area contributed by atoms with Crippen molar-refractivity contribution in [2.75, 3.05) is 0 Å². The van der Waals surface area contributed by atoms with E-state index < -0.39 is 0 Å². The van der Waals surface area contributed by atoms with Crippen LogP contribution in [-0.4, -0.2) is 44.5 Å². The van der Waals surface area contributed by atoms with Crippen molar-refractivity contribution in [2.24, 2.45) is 17.2 Å². The first-order valence-electron chi connectivity index (χ1n) is 13.2. The maximum absolute atomic E-state index is 6.43. The third kappa shape index (κ3) is 5.81. The molecular formula is C31H30N16Ni-6. The topological polar surface area (TPSA) is 354 Å². The number of hydrogen-bond donors (Lipinski definition) is 5. The van der Waals surface area contributed by atoms with Gasteiger partial charge in [-0.05, 0) is 0 Å². The molecule has 0 fully saturated rings. The van der Waals surface area contributed by atoms with Gasteiger partial charge in [0.25, 0.3) is 0 Å². The van der Waals surface area contributed by atoms with Crippen molar-refractivity contribution in [3.05, 3.63) is 121 Å². The van der Waals surface area contributed by atoms with Gasteiger partial charge in [0.05, 0.1) is 0 Å². The number of aromatic amines is 2. The van der Waals surface area contributed by atoms with Crippen LogP contribution in [0.4, 0.5) is 0 Å². The molecule has 0 unspecified atom stereocenters. The van der Waals surface area contributed by atoms with Crippen LogP contribution in [0.2, 0.25) is 0 Å². The largest absolute Gasteiger partial charge is 0.693 e. The zero-order valence-electron chi connectivity index (χ0n) is 25.0. The Balaban J connectivity index is 0.00000125. The van der Waals surface area contributed by atoms with Crippen molar-refractivity contribution in [1.82, 2.24) is 39.9 Å². The third-order valence-electron chi connectivity index (χ3n) is 7.30. The molecule has 2 aliphatic heterocycles. The van der Waals surface area contributed by atoms with Gasteiger partial charge in [0.1, 0.15) is 0 Å². The van der Waals surface area contributed by atoms with Crippen LogP contribution < -0.4 is 17.2 Å². The summed E-state index contributed by atoms with van der Waals surface area (Å²) < 4.78 is 0.000194. The van der Waals surface area contributed by atoms with Gasteiger partial charge < -0.3 is 30.8 Å². The molecule has 3 aromatic carbocycles. The molecule has 6 aromatic rings. The second-order valence-electron chi connectivity index (χ2n) is 9.89. The van der Waals surface area contributed by atoms with Crippen LogP contribution >= 0.6 is 0 Å². The number of benzene rings is 3. The summed E-state index contributed by atoms with van der Waals surface area (Å²) in [4.78, 5) is 35.8.